The summed E-state index contributed by atoms with van der Waals surface area (Å²) in [5, 5.41) is 3.47. The molecule has 0 bridgehead atoms. The molecule has 32 heavy (non-hydrogen) atoms. The largest absolute Gasteiger partial charge is 0.351 e. The molecule has 3 aromatic rings. The number of hydrogen-bond acceptors (Lipinski definition) is 4. The molecule has 0 saturated carbocycles. The molecule has 0 radical (unpaired) electrons. The summed E-state index contributed by atoms with van der Waals surface area (Å²) < 4.78 is 40.9. The van der Waals surface area contributed by atoms with Gasteiger partial charge in [-0.2, -0.15) is 0 Å². The number of halogens is 2. The zero-order chi connectivity index (χ0) is 23.0. The van der Waals surface area contributed by atoms with Gasteiger partial charge in [-0.05, 0) is 53.1 Å². The second-order valence-corrected chi connectivity index (χ2v) is 10.2. The van der Waals surface area contributed by atoms with Gasteiger partial charge >= 0.3 is 0 Å². The normalized spacial score (nSPS) is 11.3. The van der Waals surface area contributed by atoms with E-state index in [1.807, 2.05) is 24.3 Å². The average molecular weight is 493 g/mol. The van der Waals surface area contributed by atoms with Crippen LogP contribution in [0.4, 0.5) is 4.39 Å². The molecule has 0 heterocycles. The maximum Gasteiger partial charge on any atom is 0.240 e. The predicted octanol–water partition coefficient (Wildman–Crippen LogP) is 4.51. The van der Waals surface area contributed by atoms with Crippen LogP contribution in [-0.2, 0) is 33.7 Å². The minimum atomic E-state index is -3.78. The fraction of sp³-hybridized carbons (Fsp3) is 0.174. The third-order valence-corrected chi connectivity index (χ3v) is 7.12. The van der Waals surface area contributed by atoms with Gasteiger partial charge in [0.25, 0.3) is 0 Å². The molecule has 0 aliphatic carbocycles. The lowest BCUT2D eigenvalue weighted by Crippen LogP contribution is -2.25. The van der Waals surface area contributed by atoms with Crippen molar-refractivity contribution in [3.8, 4) is 0 Å². The van der Waals surface area contributed by atoms with Gasteiger partial charge in [0.2, 0.25) is 15.9 Å². The maximum absolute atomic E-state index is 13.3. The zero-order valence-corrected chi connectivity index (χ0v) is 19.4. The van der Waals surface area contributed by atoms with Gasteiger partial charge in [-0.25, -0.2) is 17.5 Å². The number of amides is 1. The number of nitrogens with one attached hydrogen (secondary N) is 2. The first kappa shape index (κ1) is 24.3. The van der Waals surface area contributed by atoms with Gasteiger partial charge in [-0.1, -0.05) is 48.0 Å². The minimum Gasteiger partial charge on any atom is -0.351 e. The van der Waals surface area contributed by atoms with Gasteiger partial charge in [0.15, 0.2) is 0 Å². The fourth-order valence-corrected chi connectivity index (χ4v) is 4.86. The first-order chi connectivity index (χ1) is 15.3. The smallest absolute Gasteiger partial charge is 0.240 e. The highest BCUT2D eigenvalue weighted by molar-refractivity contribution is 7.99. The topological polar surface area (TPSA) is 75.3 Å². The van der Waals surface area contributed by atoms with E-state index in [0.717, 1.165) is 5.56 Å². The van der Waals surface area contributed by atoms with Gasteiger partial charge in [-0.15, -0.1) is 11.8 Å². The van der Waals surface area contributed by atoms with E-state index in [4.69, 9.17) is 11.6 Å². The van der Waals surface area contributed by atoms with E-state index in [-0.39, 0.29) is 29.6 Å². The van der Waals surface area contributed by atoms with Crippen LogP contribution >= 0.6 is 23.4 Å². The Labute approximate surface area is 196 Å². The third-order valence-electron chi connectivity index (χ3n) is 4.47. The lowest BCUT2D eigenvalue weighted by Gasteiger charge is -2.10. The summed E-state index contributed by atoms with van der Waals surface area (Å²) in [4.78, 5) is 12.2. The molecule has 0 fully saturated rings. The standard InChI is InChI=1S/C23H22ClFN2O3S2/c24-20-9-7-17(8-10-20)15-31-16-23(28)26-13-19-4-2-6-22(12-19)32(29,30)27-14-18-3-1-5-21(25)11-18/h1-12,27H,13-16H2,(H,26,28). The predicted molar refractivity (Wildman–Crippen MR) is 126 cm³/mol. The molecule has 3 aromatic carbocycles. The second kappa shape index (κ2) is 11.5. The lowest BCUT2D eigenvalue weighted by molar-refractivity contribution is -0.118. The number of rotatable bonds is 10. The van der Waals surface area contributed by atoms with Crippen LogP contribution in [0.3, 0.4) is 0 Å². The Kier molecular flexibility index (Phi) is 8.69. The van der Waals surface area contributed by atoms with E-state index in [0.29, 0.717) is 21.9 Å². The number of hydrogen-bond donors (Lipinski definition) is 2. The molecule has 0 spiro atoms. The van der Waals surface area contributed by atoms with Gasteiger partial charge in [0, 0.05) is 23.9 Å². The van der Waals surface area contributed by atoms with Crippen molar-refractivity contribution in [1.82, 2.24) is 10.0 Å². The molecular weight excluding hydrogens is 471 g/mol. The number of carbonyl (C=O) groups is 1. The van der Waals surface area contributed by atoms with Crippen LogP contribution in [0.25, 0.3) is 0 Å². The highest BCUT2D eigenvalue weighted by Crippen LogP contribution is 2.16. The molecule has 0 unspecified atom stereocenters. The SMILES string of the molecule is O=C(CSCc1ccc(Cl)cc1)NCc1cccc(S(=O)(=O)NCc2cccc(F)c2)c1. The monoisotopic (exact) mass is 492 g/mol. The Hall–Kier alpha value is -2.39. The van der Waals surface area contributed by atoms with Crippen molar-refractivity contribution in [2.24, 2.45) is 0 Å². The van der Waals surface area contributed by atoms with Crippen molar-refractivity contribution in [2.75, 3.05) is 5.75 Å². The van der Waals surface area contributed by atoms with Crippen molar-refractivity contribution in [1.29, 1.82) is 0 Å². The molecule has 2 N–H and O–H groups in total. The molecule has 0 atom stereocenters. The molecule has 168 valence electrons. The van der Waals surface area contributed by atoms with Crippen molar-refractivity contribution in [3.05, 3.63) is 100 Å². The highest BCUT2D eigenvalue weighted by Gasteiger charge is 2.14. The molecule has 0 aliphatic rings. The Morgan fingerprint density at radius 3 is 2.31 bits per heavy atom. The van der Waals surface area contributed by atoms with E-state index >= 15 is 0 Å². The van der Waals surface area contributed by atoms with Gasteiger partial charge < -0.3 is 5.32 Å². The number of sulfonamides is 1. The van der Waals surface area contributed by atoms with Gasteiger partial charge in [-0.3, -0.25) is 4.79 Å². The first-order valence-corrected chi connectivity index (χ1v) is 12.8. The summed E-state index contributed by atoms with van der Waals surface area (Å²) in [6.07, 6.45) is 0. The van der Waals surface area contributed by atoms with E-state index in [1.165, 1.54) is 42.1 Å². The zero-order valence-electron chi connectivity index (χ0n) is 17.1. The fourth-order valence-electron chi connectivity index (χ4n) is 2.83. The van der Waals surface area contributed by atoms with Crippen molar-refractivity contribution in [3.63, 3.8) is 0 Å². The van der Waals surface area contributed by atoms with Crippen LogP contribution < -0.4 is 10.0 Å². The van der Waals surface area contributed by atoms with Crippen LogP contribution in [0, 0.1) is 5.82 Å². The number of benzene rings is 3. The Morgan fingerprint density at radius 1 is 0.906 bits per heavy atom. The summed E-state index contributed by atoms with van der Waals surface area (Å²) >= 11 is 7.34. The molecule has 3 rings (SSSR count). The minimum absolute atomic E-state index is 0.0219. The molecule has 5 nitrogen and oxygen atoms in total. The first-order valence-electron chi connectivity index (χ1n) is 9.74. The molecule has 0 saturated heterocycles. The van der Waals surface area contributed by atoms with Crippen LogP contribution in [-0.4, -0.2) is 20.1 Å². The van der Waals surface area contributed by atoms with Crippen molar-refractivity contribution < 1.29 is 17.6 Å². The summed E-state index contributed by atoms with van der Waals surface area (Å²) in [5.41, 5.74) is 2.26. The maximum atomic E-state index is 13.3. The van der Waals surface area contributed by atoms with Crippen LogP contribution in [0.5, 0.6) is 0 Å². The van der Waals surface area contributed by atoms with Crippen LogP contribution in [0.15, 0.2) is 77.7 Å². The molecule has 1 amide bonds. The third kappa shape index (κ3) is 7.63. The summed E-state index contributed by atoms with van der Waals surface area (Å²) in [7, 11) is -3.78. The Morgan fingerprint density at radius 2 is 1.59 bits per heavy atom. The van der Waals surface area contributed by atoms with Crippen LogP contribution in [0.2, 0.25) is 5.02 Å². The van der Waals surface area contributed by atoms with Crippen molar-refractivity contribution in [2.45, 2.75) is 23.7 Å². The van der Waals surface area contributed by atoms with E-state index in [1.54, 1.807) is 18.2 Å². The van der Waals surface area contributed by atoms with Crippen LogP contribution in [0.1, 0.15) is 16.7 Å². The van der Waals surface area contributed by atoms with Gasteiger partial charge in [0.1, 0.15) is 5.82 Å². The summed E-state index contributed by atoms with van der Waals surface area (Å²) in [6.45, 7) is 0.194. The second-order valence-electron chi connectivity index (χ2n) is 7.00. The molecule has 0 aliphatic heterocycles. The summed E-state index contributed by atoms with van der Waals surface area (Å²) in [5.74, 6) is 0.415. The van der Waals surface area contributed by atoms with E-state index in [2.05, 4.69) is 10.0 Å². The lowest BCUT2D eigenvalue weighted by atomic mass is 10.2. The van der Waals surface area contributed by atoms with Crippen molar-refractivity contribution >= 4 is 39.3 Å². The Bertz CT molecular complexity index is 1170. The molecule has 9 heteroatoms. The molecule has 0 aromatic heterocycles. The average Bonchev–Trinajstić information content (AvgIpc) is 2.78. The van der Waals surface area contributed by atoms with E-state index in [9.17, 15) is 17.6 Å². The quantitative estimate of drug-likeness (QED) is 0.436. The highest BCUT2D eigenvalue weighted by atomic mass is 35.5. The number of thioether (sulfide) groups is 1. The Balaban J connectivity index is 1.49. The van der Waals surface area contributed by atoms with Gasteiger partial charge in [0.05, 0.1) is 10.6 Å². The summed E-state index contributed by atoms with van der Waals surface area (Å²) in [6, 6.07) is 19.5. The van der Waals surface area contributed by atoms with E-state index < -0.39 is 15.8 Å². The number of carbonyl (C=O) groups excluding carboxylic acids is 1. The molecular formula is C23H22ClFN2O3S2.